The first kappa shape index (κ1) is 14.9. The van der Waals surface area contributed by atoms with Crippen LogP contribution in [0, 0.1) is 12.7 Å². The van der Waals surface area contributed by atoms with Crippen LogP contribution in [0.4, 0.5) is 4.39 Å². The summed E-state index contributed by atoms with van der Waals surface area (Å²) >= 11 is 5.72. The van der Waals surface area contributed by atoms with E-state index in [4.69, 9.17) is 11.6 Å². The molecule has 5 heteroatoms. The summed E-state index contributed by atoms with van der Waals surface area (Å²) < 4.78 is 13.8. The monoisotopic (exact) mass is 294 g/mol. The molecule has 106 valence electrons. The van der Waals surface area contributed by atoms with Crippen molar-refractivity contribution in [1.29, 1.82) is 0 Å². The highest BCUT2D eigenvalue weighted by atomic mass is 35.5. The topological polar surface area (TPSA) is 46.0 Å². The van der Waals surface area contributed by atoms with E-state index in [9.17, 15) is 9.50 Å². The molecule has 0 saturated heterocycles. The third-order valence-electron chi connectivity index (χ3n) is 3.15. The van der Waals surface area contributed by atoms with Crippen LogP contribution in [0.15, 0.2) is 24.3 Å². The molecule has 1 aromatic carbocycles. The molecule has 1 unspecified atom stereocenters. The Morgan fingerprint density at radius 2 is 2.05 bits per heavy atom. The maximum Gasteiger partial charge on any atom is 0.127 e. The van der Waals surface area contributed by atoms with Crippen LogP contribution in [0.1, 0.15) is 35.5 Å². The van der Waals surface area contributed by atoms with Gasteiger partial charge in [0.2, 0.25) is 0 Å². The van der Waals surface area contributed by atoms with Crippen molar-refractivity contribution in [3.05, 3.63) is 57.6 Å². The summed E-state index contributed by atoms with van der Waals surface area (Å²) in [6.45, 7) is 3.75. The number of aryl methyl sites for hydroxylation is 2. The van der Waals surface area contributed by atoms with Gasteiger partial charge in [-0.15, -0.1) is 0 Å². The highest BCUT2D eigenvalue weighted by Gasteiger charge is 2.16. The molecule has 0 radical (unpaired) electrons. The summed E-state index contributed by atoms with van der Waals surface area (Å²) in [7, 11) is 0. The standard InChI is InChI=1S/C15H16ClFN2O/c1-3-14-12(6-9(2)18-19-14)15(20)7-10-4-5-11(16)8-13(10)17/h4-6,8,15,20H,3,7H2,1-2H3. The van der Waals surface area contributed by atoms with Gasteiger partial charge in [-0.2, -0.15) is 10.2 Å². The maximum atomic E-state index is 13.8. The molecule has 0 aliphatic rings. The molecule has 1 N–H and O–H groups in total. The predicted molar refractivity (Wildman–Crippen MR) is 76.2 cm³/mol. The van der Waals surface area contributed by atoms with Crippen LogP contribution in [0.25, 0.3) is 0 Å². The number of hydrogen-bond acceptors (Lipinski definition) is 3. The van der Waals surface area contributed by atoms with E-state index in [1.807, 2.05) is 13.8 Å². The fraction of sp³-hybridized carbons (Fsp3) is 0.333. The summed E-state index contributed by atoms with van der Waals surface area (Å²) in [5, 5.41) is 18.7. The van der Waals surface area contributed by atoms with Gasteiger partial charge in [-0.1, -0.05) is 24.6 Å². The van der Waals surface area contributed by atoms with Gasteiger partial charge >= 0.3 is 0 Å². The van der Waals surface area contributed by atoms with Crippen molar-refractivity contribution in [3.63, 3.8) is 0 Å². The van der Waals surface area contributed by atoms with Gasteiger partial charge in [-0.25, -0.2) is 4.39 Å². The molecule has 0 spiro atoms. The molecule has 1 heterocycles. The molecule has 3 nitrogen and oxygen atoms in total. The lowest BCUT2D eigenvalue weighted by Gasteiger charge is -2.15. The largest absolute Gasteiger partial charge is 0.388 e. The van der Waals surface area contributed by atoms with Crippen molar-refractivity contribution >= 4 is 11.6 Å². The zero-order valence-electron chi connectivity index (χ0n) is 11.4. The average Bonchev–Trinajstić information content (AvgIpc) is 2.41. The van der Waals surface area contributed by atoms with Gasteiger partial charge in [0, 0.05) is 17.0 Å². The van der Waals surface area contributed by atoms with E-state index < -0.39 is 11.9 Å². The van der Waals surface area contributed by atoms with E-state index in [-0.39, 0.29) is 6.42 Å². The van der Waals surface area contributed by atoms with E-state index in [0.717, 1.165) is 11.4 Å². The van der Waals surface area contributed by atoms with Gasteiger partial charge in [-0.05, 0) is 37.1 Å². The predicted octanol–water partition coefficient (Wildman–Crippen LogP) is 3.42. The highest BCUT2D eigenvalue weighted by Crippen LogP contribution is 2.24. The van der Waals surface area contributed by atoms with Gasteiger partial charge in [0.1, 0.15) is 5.82 Å². The second-order valence-corrected chi connectivity index (χ2v) is 5.13. The van der Waals surface area contributed by atoms with Crippen molar-refractivity contribution in [1.82, 2.24) is 10.2 Å². The molecule has 1 atom stereocenters. The quantitative estimate of drug-likeness (QED) is 0.940. The van der Waals surface area contributed by atoms with Gasteiger partial charge in [0.15, 0.2) is 0 Å². The number of nitrogens with zero attached hydrogens (tertiary/aromatic N) is 2. The minimum atomic E-state index is -0.810. The van der Waals surface area contributed by atoms with Crippen LogP contribution in [0.2, 0.25) is 5.02 Å². The Morgan fingerprint density at radius 1 is 1.30 bits per heavy atom. The Bertz CT molecular complexity index is 619. The Balaban J connectivity index is 2.27. The van der Waals surface area contributed by atoms with Crippen LogP contribution in [0.5, 0.6) is 0 Å². The molecule has 0 bridgehead atoms. The lowest BCUT2D eigenvalue weighted by atomic mass is 9.99. The second kappa shape index (κ2) is 6.29. The molecule has 0 fully saturated rings. The molecule has 0 aliphatic carbocycles. The van der Waals surface area contributed by atoms with E-state index >= 15 is 0 Å². The highest BCUT2D eigenvalue weighted by molar-refractivity contribution is 6.30. The molecular formula is C15H16ClFN2O. The third kappa shape index (κ3) is 3.32. The van der Waals surface area contributed by atoms with E-state index in [1.54, 1.807) is 18.2 Å². The van der Waals surface area contributed by atoms with Crippen LogP contribution < -0.4 is 0 Å². The van der Waals surface area contributed by atoms with Gasteiger partial charge in [0.05, 0.1) is 17.5 Å². The summed E-state index contributed by atoms with van der Waals surface area (Å²) in [4.78, 5) is 0. The number of hydrogen-bond donors (Lipinski definition) is 1. The van der Waals surface area contributed by atoms with Crippen LogP contribution in [-0.4, -0.2) is 15.3 Å². The SMILES string of the molecule is CCc1nnc(C)cc1C(O)Cc1ccc(Cl)cc1F. The first-order valence-electron chi connectivity index (χ1n) is 6.46. The minimum absolute atomic E-state index is 0.182. The summed E-state index contributed by atoms with van der Waals surface area (Å²) in [5.41, 5.74) is 2.60. The Hall–Kier alpha value is -1.52. The fourth-order valence-electron chi connectivity index (χ4n) is 2.10. The van der Waals surface area contributed by atoms with E-state index in [2.05, 4.69) is 10.2 Å². The number of benzene rings is 1. The number of aromatic nitrogens is 2. The van der Waals surface area contributed by atoms with E-state index in [0.29, 0.717) is 22.6 Å². The normalized spacial score (nSPS) is 12.4. The van der Waals surface area contributed by atoms with Crippen LogP contribution in [0.3, 0.4) is 0 Å². The molecule has 0 aliphatic heterocycles. The van der Waals surface area contributed by atoms with Crippen molar-refractivity contribution in [3.8, 4) is 0 Å². The lowest BCUT2D eigenvalue weighted by Crippen LogP contribution is -2.09. The molecule has 2 rings (SSSR count). The molecule has 0 saturated carbocycles. The minimum Gasteiger partial charge on any atom is -0.388 e. The molecule has 20 heavy (non-hydrogen) atoms. The summed E-state index contributed by atoms with van der Waals surface area (Å²) in [5.74, 6) is -0.409. The van der Waals surface area contributed by atoms with Crippen LogP contribution in [-0.2, 0) is 12.8 Å². The second-order valence-electron chi connectivity index (χ2n) is 4.70. The van der Waals surface area contributed by atoms with E-state index in [1.165, 1.54) is 6.07 Å². The van der Waals surface area contributed by atoms with Crippen molar-refractivity contribution in [2.75, 3.05) is 0 Å². The van der Waals surface area contributed by atoms with Gasteiger partial charge in [0.25, 0.3) is 0 Å². The molecule has 2 aromatic rings. The zero-order valence-corrected chi connectivity index (χ0v) is 12.2. The average molecular weight is 295 g/mol. The molecule has 1 aromatic heterocycles. The number of aliphatic hydroxyl groups is 1. The maximum absolute atomic E-state index is 13.8. The van der Waals surface area contributed by atoms with Gasteiger partial charge in [-0.3, -0.25) is 0 Å². The first-order valence-corrected chi connectivity index (χ1v) is 6.84. The Labute approximate surface area is 122 Å². The van der Waals surface area contributed by atoms with Crippen molar-refractivity contribution in [2.24, 2.45) is 0 Å². The molecular weight excluding hydrogens is 279 g/mol. The van der Waals surface area contributed by atoms with Crippen molar-refractivity contribution < 1.29 is 9.50 Å². The Morgan fingerprint density at radius 3 is 2.70 bits per heavy atom. The zero-order chi connectivity index (χ0) is 14.7. The third-order valence-corrected chi connectivity index (χ3v) is 3.38. The number of rotatable bonds is 4. The lowest BCUT2D eigenvalue weighted by molar-refractivity contribution is 0.175. The summed E-state index contributed by atoms with van der Waals surface area (Å²) in [6.07, 6.45) is 0.0408. The molecule has 0 amide bonds. The van der Waals surface area contributed by atoms with Gasteiger partial charge < -0.3 is 5.11 Å². The first-order chi connectivity index (χ1) is 9.51. The smallest absolute Gasteiger partial charge is 0.127 e. The fourth-order valence-corrected chi connectivity index (χ4v) is 2.26. The number of halogens is 2. The number of aliphatic hydroxyl groups excluding tert-OH is 1. The Kier molecular flexibility index (Phi) is 4.68. The van der Waals surface area contributed by atoms with Crippen LogP contribution >= 0.6 is 11.6 Å². The summed E-state index contributed by atoms with van der Waals surface area (Å²) in [6, 6.07) is 6.25. The van der Waals surface area contributed by atoms with Crippen molar-refractivity contribution in [2.45, 2.75) is 32.8 Å².